The van der Waals surface area contributed by atoms with E-state index < -0.39 is 34.2 Å². The SMILES string of the molecule is COc1ccc(Cl)cc1S(=O)(=O)N1CC(N)C(=O)N2C(Cc3ccc(Br)cc3)C(=O)N(C3CC3)CC21. The minimum absolute atomic E-state index is 0.0445. The number of fused-ring (bicyclic) bond motifs is 1. The van der Waals surface area contributed by atoms with Crippen LogP contribution in [0.5, 0.6) is 5.75 Å². The van der Waals surface area contributed by atoms with Crippen LogP contribution in [0.3, 0.4) is 0 Å². The number of hydrogen-bond acceptors (Lipinski definition) is 6. The number of benzene rings is 2. The Morgan fingerprint density at radius 1 is 1.08 bits per heavy atom. The Hall–Kier alpha value is -2.18. The topological polar surface area (TPSA) is 113 Å². The van der Waals surface area contributed by atoms with E-state index in [0.29, 0.717) is 0 Å². The number of sulfonamides is 1. The highest BCUT2D eigenvalue weighted by atomic mass is 79.9. The molecule has 0 aromatic heterocycles. The van der Waals surface area contributed by atoms with Gasteiger partial charge in [0.2, 0.25) is 21.8 Å². The summed E-state index contributed by atoms with van der Waals surface area (Å²) in [5.41, 5.74) is 7.05. The quantitative estimate of drug-likeness (QED) is 0.547. The van der Waals surface area contributed by atoms with Crippen molar-refractivity contribution in [2.24, 2.45) is 5.73 Å². The van der Waals surface area contributed by atoms with Gasteiger partial charge in [-0.1, -0.05) is 39.7 Å². The first-order valence-electron chi connectivity index (χ1n) is 11.6. The van der Waals surface area contributed by atoms with Crippen LogP contribution in [0.25, 0.3) is 0 Å². The lowest BCUT2D eigenvalue weighted by Crippen LogP contribution is -2.75. The monoisotopic (exact) mass is 596 g/mol. The largest absolute Gasteiger partial charge is 0.495 e. The number of carbonyl (C=O) groups excluding carboxylic acids is 2. The molecule has 2 N–H and O–H groups in total. The van der Waals surface area contributed by atoms with Gasteiger partial charge in [-0.2, -0.15) is 4.31 Å². The first-order valence-corrected chi connectivity index (χ1v) is 14.2. The van der Waals surface area contributed by atoms with Gasteiger partial charge < -0.3 is 20.3 Å². The molecule has 9 nitrogen and oxygen atoms in total. The first-order chi connectivity index (χ1) is 17.1. The van der Waals surface area contributed by atoms with Crippen LogP contribution in [-0.4, -0.2) is 78.8 Å². The summed E-state index contributed by atoms with van der Waals surface area (Å²) in [5.74, 6) is -0.485. The number of nitrogens with two attached hydrogens (primary N) is 1. The average Bonchev–Trinajstić information content (AvgIpc) is 3.69. The number of nitrogens with zero attached hydrogens (tertiary/aromatic N) is 3. The molecular weight excluding hydrogens is 572 g/mol. The average molecular weight is 598 g/mol. The van der Waals surface area contributed by atoms with E-state index in [0.717, 1.165) is 22.9 Å². The van der Waals surface area contributed by atoms with E-state index in [1.165, 1.54) is 28.4 Å². The van der Waals surface area contributed by atoms with E-state index in [2.05, 4.69) is 15.9 Å². The Labute approximate surface area is 223 Å². The maximum absolute atomic E-state index is 14.0. The number of carbonyl (C=O) groups is 2. The molecular formula is C24H26BrClN4O5S. The van der Waals surface area contributed by atoms with Crippen LogP contribution in [0, 0.1) is 0 Å². The lowest BCUT2D eigenvalue weighted by atomic mass is 9.97. The number of amides is 2. The van der Waals surface area contributed by atoms with E-state index in [1.807, 2.05) is 24.3 Å². The molecule has 3 aliphatic rings. The maximum atomic E-state index is 14.0. The van der Waals surface area contributed by atoms with E-state index in [-0.39, 0.29) is 47.1 Å². The van der Waals surface area contributed by atoms with Gasteiger partial charge in [0.1, 0.15) is 22.9 Å². The van der Waals surface area contributed by atoms with Gasteiger partial charge in [0, 0.05) is 28.5 Å². The molecule has 2 saturated heterocycles. The Bertz CT molecular complexity index is 1300. The van der Waals surface area contributed by atoms with Gasteiger partial charge >= 0.3 is 0 Å². The smallest absolute Gasteiger partial charge is 0.248 e. The summed E-state index contributed by atoms with van der Waals surface area (Å²) < 4.78 is 35.4. The lowest BCUT2D eigenvalue weighted by molar-refractivity contribution is -0.166. The lowest BCUT2D eigenvalue weighted by Gasteiger charge is -2.53. The summed E-state index contributed by atoms with van der Waals surface area (Å²) in [6, 6.07) is 9.90. The van der Waals surface area contributed by atoms with Gasteiger partial charge in [-0.05, 0) is 48.7 Å². The molecule has 3 unspecified atom stereocenters. The van der Waals surface area contributed by atoms with Crippen LogP contribution in [0.4, 0.5) is 0 Å². The highest BCUT2D eigenvalue weighted by molar-refractivity contribution is 9.10. The van der Waals surface area contributed by atoms with E-state index >= 15 is 0 Å². The molecule has 2 heterocycles. The van der Waals surface area contributed by atoms with Crippen molar-refractivity contribution in [3.05, 3.63) is 57.5 Å². The predicted molar refractivity (Wildman–Crippen MR) is 137 cm³/mol. The maximum Gasteiger partial charge on any atom is 0.248 e. The molecule has 3 atom stereocenters. The van der Waals surface area contributed by atoms with Crippen molar-refractivity contribution in [2.75, 3.05) is 20.2 Å². The Morgan fingerprint density at radius 3 is 2.42 bits per heavy atom. The van der Waals surface area contributed by atoms with Crippen molar-refractivity contribution in [3.63, 3.8) is 0 Å². The number of hydrogen-bond donors (Lipinski definition) is 1. The van der Waals surface area contributed by atoms with Crippen LogP contribution < -0.4 is 10.5 Å². The van der Waals surface area contributed by atoms with Crippen molar-refractivity contribution < 1.29 is 22.7 Å². The summed E-state index contributed by atoms with van der Waals surface area (Å²) in [6.07, 6.45) is 1.06. The Morgan fingerprint density at radius 2 is 1.78 bits per heavy atom. The zero-order chi connectivity index (χ0) is 25.8. The van der Waals surface area contributed by atoms with E-state index in [1.54, 1.807) is 11.0 Å². The third-order valence-electron chi connectivity index (χ3n) is 6.91. The second-order valence-electron chi connectivity index (χ2n) is 9.27. The number of ether oxygens (including phenoxy) is 1. The molecule has 0 radical (unpaired) electrons. The molecule has 0 bridgehead atoms. The van der Waals surface area contributed by atoms with E-state index in [4.69, 9.17) is 22.1 Å². The predicted octanol–water partition coefficient (Wildman–Crippen LogP) is 2.21. The molecule has 2 aromatic rings. The molecule has 2 aliphatic heterocycles. The van der Waals surface area contributed by atoms with Crippen LogP contribution in [0.1, 0.15) is 18.4 Å². The fourth-order valence-electron chi connectivity index (χ4n) is 4.97. The zero-order valence-electron chi connectivity index (χ0n) is 19.5. The van der Waals surface area contributed by atoms with Crippen LogP contribution in [-0.2, 0) is 26.0 Å². The Kier molecular flexibility index (Phi) is 6.80. The third kappa shape index (κ3) is 4.51. The molecule has 1 aliphatic carbocycles. The van der Waals surface area contributed by atoms with Crippen LogP contribution in [0.2, 0.25) is 5.02 Å². The normalized spacial score (nSPS) is 25.2. The molecule has 36 heavy (non-hydrogen) atoms. The highest BCUT2D eigenvalue weighted by Crippen LogP contribution is 2.38. The summed E-state index contributed by atoms with van der Waals surface area (Å²) in [6.45, 7) is -0.128. The molecule has 2 aromatic carbocycles. The van der Waals surface area contributed by atoms with Gasteiger partial charge in [0.15, 0.2) is 0 Å². The summed E-state index contributed by atoms with van der Waals surface area (Å²) in [5, 5.41) is 0.232. The van der Waals surface area contributed by atoms with Crippen molar-refractivity contribution in [2.45, 2.75) is 48.4 Å². The van der Waals surface area contributed by atoms with Gasteiger partial charge in [0.25, 0.3) is 0 Å². The summed E-state index contributed by atoms with van der Waals surface area (Å²) in [4.78, 5) is 30.0. The first kappa shape index (κ1) is 25.5. The van der Waals surface area contributed by atoms with Crippen LogP contribution >= 0.6 is 27.5 Å². The summed E-state index contributed by atoms with van der Waals surface area (Å²) >= 11 is 9.55. The molecule has 1 saturated carbocycles. The molecule has 12 heteroatoms. The van der Waals surface area contributed by atoms with Crippen molar-refractivity contribution >= 4 is 49.4 Å². The highest BCUT2D eigenvalue weighted by Gasteiger charge is 2.55. The Balaban J connectivity index is 1.58. The molecule has 3 fully saturated rings. The van der Waals surface area contributed by atoms with Gasteiger partial charge in [0.05, 0.1) is 19.7 Å². The second-order valence-corrected chi connectivity index (χ2v) is 12.5. The minimum atomic E-state index is -4.20. The third-order valence-corrected chi connectivity index (χ3v) is 9.56. The van der Waals surface area contributed by atoms with Gasteiger partial charge in [-0.15, -0.1) is 0 Å². The fraction of sp³-hybridized carbons (Fsp3) is 0.417. The van der Waals surface area contributed by atoms with Crippen molar-refractivity contribution in [1.29, 1.82) is 0 Å². The standard InChI is InChI=1S/C24H26BrClN4O5S/c1-35-20-9-6-16(26)11-21(20)36(33,34)29-12-18(27)23(31)30-19(10-14-2-4-15(25)5-3-14)24(32)28(13-22(29)30)17-7-8-17/h2-6,9,11,17-19,22H,7-8,10,12-13,27H2,1H3. The second kappa shape index (κ2) is 9.60. The number of piperazine rings is 1. The molecule has 0 spiro atoms. The van der Waals surface area contributed by atoms with Gasteiger partial charge in [-0.25, -0.2) is 8.42 Å². The zero-order valence-corrected chi connectivity index (χ0v) is 22.7. The number of methoxy groups -OCH3 is 1. The number of rotatable bonds is 6. The van der Waals surface area contributed by atoms with Crippen molar-refractivity contribution in [3.8, 4) is 5.75 Å². The summed E-state index contributed by atoms with van der Waals surface area (Å²) in [7, 11) is -2.82. The number of halogens is 2. The molecule has 2 amide bonds. The van der Waals surface area contributed by atoms with E-state index in [9.17, 15) is 18.0 Å². The molecule has 5 rings (SSSR count). The minimum Gasteiger partial charge on any atom is -0.495 e. The van der Waals surface area contributed by atoms with Crippen molar-refractivity contribution in [1.82, 2.24) is 14.1 Å². The van der Waals surface area contributed by atoms with Gasteiger partial charge in [-0.3, -0.25) is 9.59 Å². The van der Waals surface area contributed by atoms with Crippen LogP contribution in [0.15, 0.2) is 51.8 Å². The fourth-order valence-corrected chi connectivity index (χ4v) is 7.25. The molecule has 192 valence electrons.